The molecule has 0 bridgehead atoms. The highest BCUT2D eigenvalue weighted by molar-refractivity contribution is 9.10. The molecule has 5 nitrogen and oxygen atoms in total. The van der Waals surface area contributed by atoms with Crippen LogP contribution in [-0.2, 0) is 4.79 Å². The van der Waals surface area contributed by atoms with Gasteiger partial charge in [0.05, 0.1) is 11.5 Å². The summed E-state index contributed by atoms with van der Waals surface area (Å²) in [5, 5.41) is 12.2. The van der Waals surface area contributed by atoms with Crippen LogP contribution in [0.2, 0.25) is 0 Å². The number of nitriles is 1. The van der Waals surface area contributed by atoms with Gasteiger partial charge in [-0.15, -0.1) is 0 Å². The average molecular weight is 351 g/mol. The van der Waals surface area contributed by atoms with Crippen molar-refractivity contribution in [2.75, 3.05) is 18.0 Å². The SMILES string of the molecule is CC(C)(C)NC(=O)C1CCN(c2ncc(Br)cc2C#N)C1. The zero-order valence-corrected chi connectivity index (χ0v) is 14.1. The van der Waals surface area contributed by atoms with Crippen LogP contribution in [0.3, 0.4) is 0 Å². The van der Waals surface area contributed by atoms with Crippen LogP contribution < -0.4 is 10.2 Å². The van der Waals surface area contributed by atoms with Gasteiger partial charge in [-0.05, 0) is 49.2 Å². The Morgan fingerprint density at radius 3 is 2.90 bits per heavy atom. The van der Waals surface area contributed by atoms with Gasteiger partial charge in [-0.3, -0.25) is 4.79 Å². The molecule has 1 unspecified atom stereocenters. The van der Waals surface area contributed by atoms with Crippen molar-refractivity contribution in [3.8, 4) is 6.07 Å². The maximum absolute atomic E-state index is 12.2. The number of carbonyl (C=O) groups excluding carboxylic acids is 1. The second kappa shape index (κ2) is 6.02. The van der Waals surface area contributed by atoms with Gasteiger partial charge in [0, 0.05) is 29.3 Å². The van der Waals surface area contributed by atoms with E-state index in [1.165, 1.54) is 0 Å². The van der Waals surface area contributed by atoms with Crippen molar-refractivity contribution in [1.29, 1.82) is 5.26 Å². The van der Waals surface area contributed by atoms with E-state index in [2.05, 4.69) is 32.3 Å². The van der Waals surface area contributed by atoms with Gasteiger partial charge in [0.25, 0.3) is 0 Å². The molecule has 0 spiro atoms. The third-order valence-electron chi connectivity index (χ3n) is 3.31. The number of carbonyl (C=O) groups is 1. The minimum atomic E-state index is -0.224. The molecule has 6 heteroatoms. The van der Waals surface area contributed by atoms with E-state index in [0.29, 0.717) is 17.9 Å². The smallest absolute Gasteiger partial charge is 0.225 e. The summed E-state index contributed by atoms with van der Waals surface area (Å²) in [6, 6.07) is 3.92. The molecule has 1 aliphatic heterocycles. The van der Waals surface area contributed by atoms with Gasteiger partial charge in [-0.2, -0.15) is 5.26 Å². The summed E-state index contributed by atoms with van der Waals surface area (Å²) in [5.41, 5.74) is 0.305. The fraction of sp³-hybridized carbons (Fsp3) is 0.533. The van der Waals surface area contributed by atoms with E-state index in [4.69, 9.17) is 0 Å². The fourth-order valence-corrected chi connectivity index (χ4v) is 2.74. The highest BCUT2D eigenvalue weighted by atomic mass is 79.9. The van der Waals surface area contributed by atoms with E-state index < -0.39 is 0 Å². The molecule has 112 valence electrons. The maximum Gasteiger partial charge on any atom is 0.225 e. The second-order valence-corrected chi connectivity index (χ2v) is 7.22. The Kier molecular flexibility index (Phi) is 4.52. The van der Waals surface area contributed by atoms with Crippen molar-refractivity contribution < 1.29 is 4.79 Å². The average Bonchev–Trinajstić information content (AvgIpc) is 2.86. The first kappa shape index (κ1) is 15.8. The number of anilines is 1. The first-order chi connectivity index (χ1) is 9.80. The molecule has 1 aromatic rings. The van der Waals surface area contributed by atoms with Crippen LogP contribution in [0, 0.1) is 17.2 Å². The lowest BCUT2D eigenvalue weighted by Crippen LogP contribution is -2.44. The van der Waals surface area contributed by atoms with Crippen molar-refractivity contribution >= 4 is 27.7 Å². The molecule has 21 heavy (non-hydrogen) atoms. The van der Waals surface area contributed by atoms with Crippen LogP contribution in [0.15, 0.2) is 16.7 Å². The van der Waals surface area contributed by atoms with Crippen LogP contribution in [0.5, 0.6) is 0 Å². The second-order valence-electron chi connectivity index (χ2n) is 6.31. The Bertz CT molecular complexity index is 588. The first-order valence-electron chi connectivity index (χ1n) is 6.93. The number of nitrogens with one attached hydrogen (secondary N) is 1. The maximum atomic E-state index is 12.2. The monoisotopic (exact) mass is 350 g/mol. The Hall–Kier alpha value is -1.61. The summed E-state index contributed by atoms with van der Waals surface area (Å²) in [4.78, 5) is 18.6. The van der Waals surface area contributed by atoms with Gasteiger partial charge in [-0.1, -0.05) is 0 Å². The Morgan fingerprint density at radius 2 is 2.29 bits per heavy atom. The Balaban J connectivity index is 2.10. The Labute approximate surface area is 133 Å². The van der Waals surface area contributed by atoms with Crippen LogP contribution in [0.25, 0.3) is 0 Å². The lowest BCUT2D eigenvalue weighted by Gasteiger charge is -2.23. The molecule has 2 rings (SSSR count). The molecule has 1 N–H and O–H groups in total. The summed E-state index contributed by atoms with van der Waals surface area (Å²) in [5.74, 6) is 0.675. The normalized spacial score (nSPS) is 18.4. The molecule has 1 atom stereocenters. The molecule has 1 aromatic heterocycles. The molecular weight excluding hydrogens is 332 g/mol. The van der Waals surface area contributed by atoms with E-state index in [9.17, 15) is 10.1 Å². The van der Waals surface area contributed by atoms with E-state index in [1.807, 2.05) is 25.7 Å². The third-order valence-corrected chi connectivity index (χ3v) is 3.74. The predicted octanol–water partition coefficient (Wildman–Crippen LogP) is 2.46. The molecule has 0 aliphatic carbocycles. The fourth-order valence-electron chi connectivity index (χ4n) is 2.40. The quantitative estimate of drug-likeness (QED) is 0.889. The van der Waals surface area contributed by atoms with Gasteiger partial charge < -0.3 is 10.2 Å². The van der Waals surface area contributed by atoms with Gasteiger partial charge in [0.15, 0.2) is 0 Å². The number of amides is 1. The molecule has 1 fully saturated rings. The number of hydrogen-bond donors (Lipinski definition) is 1. The van der Waals surface area contributed by atoms with E-state index in [-0.39, 0.29) is 17.4 Å². The van der Waals surface area contributed by atoms with Gasteiger partial charge in [0.1, 0.15) is 11.9 Å². The number of halogens is 1. The molecule has 1 amide bonds. The first-order valence-corrected chi connectivity index (χ1v) is 7.72. The number of aromatic nitrogens is 1. The van der Waals surface area contributed by atoms with E-state index in [1.54, 1.807) is 12.3 Å². The van der Waals surface area contributed by atoms with Gasteiger partial charge >= 0.3 is 0 Å². The number of hydrogen-bond acceptors (Lipinski definition) is 4. The van der Waals surface area contributed by atoms with Crippen LogP contribution in [-0.4, -0.2) is 29.5 Å². The summed E-state index contributed by atoms with van der Waals surface area (Å²) in [6.45, 7) is 7.27. The van der Waals surface area contributed by atoms with Gasteiger partial charge in [-0.25, -0.2) is 4.98 Å². The standard InChI is InChI=1S/C15H19BrN4O/c1-15(2,3)19-14(21)10-4-5-20(9-10)13-11(7-17)6-12(16)8-18-13/h6,8,10H,4-5,9H2,1-3H3,(H,19,21). The minimum absolute atomic E-state index is 0.0544. The molecule has 0 radical (unpaired) electrons. The van der Waals surface area contributed by atoms with Crippen LogP contribution in [0.4, 0.5) is 5.82 Å². The summed E-state index contributed by atoms with van der Waals surface area (Å²) >= 11 is 3.32. The van der Waals surface area contributed by atoms with Crippen molar-refractivity contribution in [2.45, 2.75) is 32.7 Å². The zero-order valence-electron chi connectivity index (χ0n) is 12.5. The largest absolute Gasteiger partial charge is 0.355 e. The minimum Gasteiger partial charge on any atom is -0.355 e. The van der Waals surface area contributed by atoms with Crippen molar-refractivity contribution in [1.82, 2.24) is 10.3 Å². The number of rotatable bonds is 2. The molecule has 2 heterocycles. The third kappa shape index (κ3) is 3.94. The van der Waals surface area contributed by atoms with Crippen molar-refractivity contribution in [3.63, 3.8) is 0 Å². The van der Waals surface area contributed by atoms with Crippen LogP contribution >= 0.6 is 15.9 Å². The molecule has 0 aromatic carbocycles. The molecular formula is C15H19BrN4O. The highest BCUT2D eigenvalue weighted by Gasteiger charge is 2.31. The topological polar surface area (TPSA) is 69.0 Å². The molecule has 1 aliphatic rings. The Morgan fingerprint density at radius 1 is 1.57 bits per heavy atom. The predicted molar refractivity (Wildman–Crippen MR) is 84.9 cm³/mol. The lowest BCUT2D eigenvalue weighted by molar-refractivity contribution is -0.125. The summed E-state index contributed by atoms with van der Waals surface area (Å²) < 4.78 is 0.782. The highest BCUT2D eigenvalue weighted by Crippen LogP contribution is 2.27. The van der Waals surface area contributed by atoms with Crippen LogP contribution in [0.1, 0.15) is 32.8 Å². The zero-order chi connectivity index (χ0) is 15.6. The van der Waals surface area contributed by atoms with Crippen molar-refractivity contribution in [3.05, 3.63) is 22.3 Å². The molecule has 0 saturated carbocycles. The summed E-state index contributed by atoms with van der Waals surface area (Å²) in [7, 11) is 0. The number of pyridine rings is 1. The van der Waals surface area contributed by atoms with Crippen molar-refractivity contribution in [2.24, 2.45) is 5.92 Å². The summed E-state index contributed by atoms with van der Waals surface area (Å²) in [6.07, 6.45) is 2.46. The molecule has 1 saturated heterocycles. The van der Waals surface area contributed by atoms with Gasteiger partial charge in [0.2, 0.25) is 5.91 Å². The van der Waals surface area contributed by atoms with E-state index in [0.717, 1.165) is 17.4 Å². The lowest BCUT2D eigenvalue weighted by atomic mass is 10.0. The number of nitrogens with zero attached hydrogens (tertiary/aromatic N) is 3. The van der Waals surface area contributed by atoms with E-state index >= 15 is 0 Å².